The summed E-state index contributed by atoms with van der Waals surface area (Å²) in [6.07, 6.45) is 8.16. The zero-order chi connectivity index (χ0) is 27.3. The summed E-state index contributed by atoms with van der Waals surface area (Å²) < 4.78 is 6.51. The molecule has 3 aliphatic heterocycles. The average Bonchev–Trinajstić information content (AvgIpc) is 3.63. The van der Waals surface area contributed by atoms with Crippen molar-refractivity contribution in [3.05, 3.63) is 76.6 Å². The molecule has 7 rings (SSSR count). The van der Waals surface area contributed by atoms with Crippen LogP contribution in [0.3, 0.4) is 0 Å². The first-order valence-corrected chi connectivity index (χ1v) is 15.6. The number of carbonyl (C=O) groups excluding carboxylic acids is 1. The van der Waals surface area contributed by atoms with Crippen molar-refractivity contribution in [2.24, 2.45) is 0 Å². The quantitative estimate of drug-likeness (QED) is 0.295. The zero-order valence-electron chi connectivity index (χ0n) is 23.5. The molecule has 3 atom stereocenters. The molecule has 0 radical (unpaired) electrons. The molecule has 1 amide bonds. The molecule has 0 aliphatic carbocycles. The van der Waals surface area contributed by atoms with Crippen LogP contribution in [0.5, 0.6) is 0 Å². The van der Waals surface area contributed by atoms with Crippen molar-refractivity contribution in [2.75, 3.05) is 19.6 Å². The van der Waals surface area contributed by atoms with Gasteiger partial charge in [-0.1, -0.05) is 47.0 Å². The Kier molecular flexibility index (Phi) is 6.71. The molecule has 5 heterocycles. The van der Waals surface area contributed by atoms with E-state index in [1.54, 1.807) is 0 Å². The highest BCUT2D eigenvalue weighted by Crippen LogP contribution is 2.45. The van der Waals surface area contributed by atoms with Gasteiger partial charge in [0.05, 0.1) is 16.7 Å². The van der Waals surface area contributed by atoms with Gasteiger partial charge in [-0.25, -0.2) is 4.98 Å². The van der Waals surface area contributed by atoms with Gasteiger partial charge in [0.1, 0.15) is 10.7 Å². The molecule has 8 heteroatoms. The maximum absolute atomic E-state index is 13.2. The number of imidazole rings is 1. The smallest absolute Gasteiger partial charge is 0.267 e. The normalized spacial score (nSPS) is 24.6. The number of hydrogen-bond acceptors (Lipinski definition) is 6. The van der Waals surface area contributed by atoms with Gasteiger partial charge in [-0.3, -0.25) is 9.69 Å². The van der Waals surface area contributed by atoms with Gasteiger partial charge in [0.25, 0.3) is 5.91 Å². The molecule has 2 aromatic heterocycles. The van der Waals surface area contributed by atoms with Gasteiger partial charge in [0.2, 0.25) is 0 Å². The first-order chi connectivity index (χ1) is 19.5. The largest absolute Gasteiger partial charge is 0.338 e. The fourth-order valence-electron chi connectivity index (χ4n) is 7.97. The van der Waals surface area contributed by atoms with Crippen LogP contribution in [0.1, 0.15) is 77.7 Å². The molecule has 2 aromatic carbocycles. The molecule has 3 fully saturated rings. The molecule has 0 spiro atoms. The Morgan fingerprint density at radius 3 is 2.35 bits per heavy atom. The summed E-state index contributed by atoms with van der Waals surface area (Å²) in [7, 11) is 0. The van der Waals surface area contributed by atoms with Crippen molar-refractivity contribution < 1.29 is 4.79 Å². The third-order valence-corrected chi connectivity index (χ3v) is 10.9. The Bertz CT molecular complexity index is 1490. The number of carbonyl (C=O) groups is 1. The van der Waals surface area contributed by atoms with Gasteiger partial charge in [0, 0.05) is 31.2 Å². The number of aryl methyl sites for hydroxylation is 2. The number of fused-ring (bicyclic) bond motifs is 3. The van der Waals surface area contributed by atoms with Crippen LogP contribution in [0.4, 0.5) is 0 Å². The van der Waals surface area contributed by atoms with Crippen molar-refractivity contribution in [3.63, 3.8) is 0 Å². The van der Waals surface area contributed by atoms with Crippen LogP contribution in [-0.4, -0.2) is 66.6 Å². The van der Waals surface area contributed by atoms with E-state index >= 15 is 0 Å². The van der Waals surface area contributed by atoms with E-state index < -0.39 is 0 Å². The van der Waals surface area contributed by atoms with Crippen LogP contribution >= 0.6 is 11.5 Å². The highest BCUT2D eigenvalue weighted by molar-refractivity contribution is 7.07. The maximum atomic E-state index is 13.2. The van der Waals surface area contributed by atoms with Crippen LogP contribution in [-0.2, 0) is 5.41 Å². The van der Waals surface area contributed by atoms with Crippen LogP contribution in [0, 0.1) is 13.8 Å². The number of aromatic nitrogens is 4. The van der Waals surface area contributed by atoms with E-state index in [1.807, 2.05) is 11.8 Å². The third kappa shape index (κ3) is 4.45. The Labute approximate surface area is 240 Å². The van der Waals surface area contributed by atoms with E-state index in [0.717, 1.165) is 55.9 Å². The molecule has 0 N–H and O–H groups in total. The molecule has 0 unspecified atom stereocenters. The monoisotopic (exact) mass is 554 g/mol. The Morgan fingerprint density at radius 1 is 0.950 bits per heavy atom. The van der Waals surface area contributed by atoms with Crippen LogP contribution in [0.15, 0.2) is 54.6 Å². The number of rotatable bonds is 6. The third-order valence-electron chi connectivity index (χ3n) is 10.1. The number of nitrogens with zero attached hydrogens (tertiary/aromatic N) is 6. The second-order valence-electron chi connectivity index (χ2n) is 12.1. The summed E-state index contributed by atoms with van der Waals surface area (Å²) in [4.78, 5) is 23.6. The van der Waals surface area contributed by atoms with E-state index in [1.165, 1.54) is 48.3 Å². The maximum Gasteiger partial charge on any atom is 0.267 e. The standard InChI is InChI=1S/C32H38N6OS/c1-22-30(40-35-34-22)31(39)36-17-14-32(15-18-36,24-8-4-3-5-9-24)16-19-37-25-12-13-26(37)21-27(20-25)38-23(2)33-28-10-6-7-11-29(28)38/h3-11,25-27H,12-21H2,1-2H3/t25-,26+,27-. The fourth-order valence-corrected chi connectivity index (χ4v) is 8.60. The molecule has 208 valence electrons. The number of amides is 1. The van der Waals surface area contributed by atoms with Crippen LogP contribution in [0.2, 0.25) is 0 Å². The minimum Gasteiger partial charge on any atom is -0.338 e. The summed E-state index contributed by atoms with van der Waals surface area (Å²) in [5, 5.41) is 4.06. The second kappa shape index (κ2) is 10.4. The molecular weight excluding hydrogens is 516 g/mol. The van der Waals surface area contributed by atoms with Gasteiger partial charge < -0.3 is 9.47 Å². The van der Waals surface area contributed by atoms with Gasteiger partial charge in [0.15, 0.2) is 0 Å². The summed E-state index contributed by atoms with van der Waals surface area (Å²) in [5.74, 6) is 1.24. The predicted octanol–water partition coefficient (Wildman–Crippen LogP) is 5.94. The van der Waals surface area contributed by atoms with Crippen molar-refractivity contribution >= 4 is 28.5 Å². The van der Waals surface area contributed by atoms with Crippen molar-refractivity contribution in [2.45, 2.75) is 82.3 Å². The van der Waals surface area contributed by atoms with E-state index in [-0.39, 0.29) is 11.3 Å². The summed E-state index contributed by atoms with van der Waals surface area (Å²) in [6, 6.07) is 21.5. The summed E-state index contributed by atoms with van der Waals surface area (Å²) in [5.41, 5.74) is 4.68. The van der Waals surface area contributed by atoms with Crippen LogP contribution in [0.25, 0.3) is 11.0 Å². The highest BCUT2D eigenvalue weighted by Gasteiger charge is 2.44. The number of piperidine rings is 2. The number of likely N-dealkylation sites (tertiary alicyclic amines) is 1. The molecule has 4 aromatic rings. The van der Waals surface area contributed by atoms with Gasteiger partial charge >= 0.3 is 0 Å². The molecule has 2 bridgehead atoms. The molecule has 0 saturated carbocycles. The zero-order valence-corrected chi connectivity index (χ0v) is 24.3. The van der Waals surface area contributed by atoms with Crippen LogP contribution < -0.4 is 0 Å². The molecule has 3 saturated heterocycles. The molecule has 40 heavy (non-hydrogen) atoms. The lowest BCUT2D eigenvalue weighted by molar-refractivity contribution is 0.0610. The summed E-state index contributed by atoms with van der Waals surface area (Å²) >= 11 is 1.22. The SMILES string of the molecule is Cc1nnsc1C(=O)N1CCC(CCN2[C@@H]3CC[C@H]2C[C@H](n2c(C)nc4ccccc42)C3)(c2ccccc2)CC1. The Balaban J connectivity index is 1.07. The minimum absolute atomic E-state index is 0.0941. The van der Waals surface area contributed by atoms with Gasteiger partial charge in [-0.2, -0.15) is 0 Å². The molecule has 3 aliphatic rings. The minimum atomic E-state index is 0.0941. The number of para-hydroxylation sites is 2. The van der Waals surface area contributed by atoms with Gasteiger partial charge in [-0.05, 0) is 100.0 Å². The van der Waals surface area contributed by atoms with Crippen molar-refractivity contribution in [1.29, 1.82) is 0 Å². The topological polar surface area (TPSA) is 67.2 Å². The Morgan fingerprint density at radius 2 is 1.65 bits per heavy atom. The lowest BCUT2D eigenvalue weighted by Crippen LogP contribution is -2.49. The predicted molar refractivity (Wildman–Crippen MR) is 159 cm³/mol. The van der Waals surface area contributed by atoms with E-state index in [2.05, 4.69) is 80.6 Å². The van der Waals surface area contributed by atoms with E-state index in [0.29, 0.717) is 23.0 Å². The number of benzene rings is 2. The fraction of sp³-hybridized carbons (Fsp3) is 0.500. The first-order valence-electron chi connectivity index (χ1n) is 14.9. The summed E-state index contributed by atoms with van der Waals surface area (Å²) in [6.45, 7) is 6.75. The van der Waals surface area contributed by atoms with Crippen molar-refractivity contribution in [1.82, 2.24) is 28.9 Å². The lowest BCUT2D eigenvalue weighted by Gasteiger charge is -2.45. The van der Waals surface area contributed by atoms with E-state index in [4.69, 9.17) is 4.98 Å². The Hall–Kier alpha value is -3.10. The lowest BCUT2D eigenvalue weighted by atomic mass is 9.70. The van der Waals surface area contributed by atoms with Crippen molar-refractivity contribution in [3.8, 4) is 0 Å². The highest BCUT2D eigenvalue weighted by atomic mass is 32.1. The molecular formula is C32H38N6OS. The van der Waals surface area contributed by atoms with E-state index in [9.17, 15) is 4.79 Å². The average molecular weight is 555 g/mol. The second-order valence-corrected chi connectivity index (χ2v) is 12.9. The van der Waals surface area contributed by atoms with Gasteiger partial charge in [-0.15, -0.1) is 5.10 Å². The first kappa shape index (κ1) is 25.8. The molecule has 7 nitrogen and oxygen atoms in total. The number of hydrogen-bond donors (Lipinski definition) is 0.